The Balaban J connectivity index is 1.31. The van der Waals surface area contributed by atoms with Gasteiger partial charge in [0.1, 0.15) is 10.5 Å². The lowest BCUT2D eigenvalue weighted by molar-refractivity contribution is 0.591. The maximum atomic E-state index is 13.0. The van der Waals surface area contributed by atoms with E-state index in [0.717, 1.165) is 39.1 Å². The van der Waals surface area contributed by atoms with Crippen molar-refractivity contribution in [2.75, 3.05) is 11.9 Å². The number of benzene rings is 1. The molecule has 1 atom stereocenters. The molecular formula is C24H19N5O2S3. The highest BCUT2D eigenvalue weighted by Crippen LogP contribution is 2.32. The van der Waals surface area contributed by atoms with Gasteiger partial charge in [-0.3, -0.25) is 0 Å². The highest BCUT2D eigenvalue weighted by Gasteiger charge is 2.20. The summed E-state index contributed by atoms with van der Waals surface area (Å²) in [6, 6.07) is 13.0. The van der Waals surface area contributed by atoms with Gasteiger partial charge in [-0.25, -0.2) is 13.9 Å². The number of hydrogen-bond acceptors (Lipinski definition) is 8. The van der Waals surface area contributed by atoms with Crippen molar-refractivity contribution >= 4 is 65.3 Å². The van der Waals surface area contributed by atoms with Crippen molar-refractivity contribution in [3.05, 3.63) is 65.2 Å². The van der Waals surface area contributed by atoms with E-state index in [0.29, 0.717) is 15.5 Å². The molecule has 5 aromatic rings. The van der Waals surface area contributed by atoms with Gasteiger partial charge in [-0.05, 0) is 61.2 Å². The van der Waals surface area contributed by atoms with Crippen molar-refractivity contribution in [3.8, 4) is 11.8 Å². The number of thiophene rings is 2. The predicted molar refractivity (Wildman–Crippen MR) is 137 cm³/mol. The molecule has 0 spiro atoms. The summed E-state index contributed by atoms with van der Waals surface area (Å²) < 4.78 is 28.5. The minimum Gasteiger partial charge on any atom is -0.339 e. The van der Waals surface area contributed by atoms with Gasteiger partial charge in [0.05, 0.1) is 26.7 Å². The Morgan fingerprint density at radius 3 is 2.94 bits per heavy atom. The summed E-state index contributed by atoms with van der Waals surface area (Å²) in [6.45, 7) is 1.03. The van der Waals surface area contributed by atoms with Gasteiger partial charge in [-0.15, -0.1) is 22.7 Å². The Labute approximate surface area is 204 Å². The summed E-state index contributed by atoms with van der Waals surface area (Å²) in [6.07, 6.45) is 5.38. The fourth-order valence-corrected chi connectivity index (χ4v) is 7.37. The van der Waals surface area contributed by atoms with Gasteiger partial charge in [0.15, 0.2) is 5.82 Å². The van der Waals surface area contributed by atoms with Crippen LogP contribution >= 0.6 is 22.7 Å². The van der Waals surface area contributed by atoms with Gasteiger partial charge >= 0.3 is 0 Å². The number of fused-ring (bicyclic) bond motifs is 2. The van der Waals surface area contributed by atoms with Crippen LogP contribution in [0.3, 0.4) is 0 Å². The molecule has 6 rings (SSSR count). The summed E-state index contributed by atoms with van der Waals surface area (Å²) in [5.41, 5.74) is 2.29. The van der Waals surface area contributed by atoms with Crippen LogP contribution in [0.25, 0.3) is 21.1 Å². The van der Waals surface area contributed by atoms with Crippen LogP contribution in [0.1, 0.15) is 17.7 Å². The fraction of sp³-hybridized carbons (Fsp3) is 0.167. The van der Waals surface area contributed by atoms with Crippen molar-refractivity contribution in [2.45, 2.75) is 23.1 Å². The van der Waals surface area contributed by atoms with E-state index in [4.69, 9.17) is 0 Å². The highest BCUT2D eigenvalue weighted by atomic mass is 32.2. The van der Waals surface area contributed by atoms with E-state index in [1.165, 1.54) is 28.1 Å². The van der Waals surface area contributed by atoms with Crippen LogP contribution < -0.4 is 10.6 Å². The van der Waals surface area contributed by atoms with E-state index in [2.05, 4.69) is 32.4 Å². The van der Waals surface area contributed by atoms with E-state index < -0.39 is 10.0 Å². The standard InChI is InChI=1S/C24H19N5O2S3/c30-34(31,22-4-2-12-32-22)29-11-9-16-13-18(6-8-21(16)29)28-24-23-20(26-15-27-24)14-19(33-23)7-5-17-3-1-10-25-17/h2,4,6,8-9,11-15,17,25H,1,3,10H2,(H,26,27,28)/t17-/m1/s1. The van der Waals surface area contributed by atoms with Crippen LogP contribution in [0.4, 0.5) is 11.5 Å². The molecule has 0 saturated carbocycles. The minimum atomic E-state index is -3.61. The molecule has 1 aliphatic rings. The van der Waals surface area contributed by atoms with Crippen LogP contribution in [0, 0.1) is 11.8 Å². The van der Waals surface area contributed by atoms with Gasteiger partial charge in [0, 0.05) is 17.3 Å². The van der Waals surface area contributed by atoms with Crippen molar-refractivity contribution in [3.63, 3.8) is 0 Å². The smallest absolute Gasteiger partial charge is 0.277 e. The third-order valence-electron chi connectivity index (χ3n) is 5.67. The summed E-state index contributed by atoms with van der Waals surface area (Å²) >= 11 is 2.77. The first-order valence-electron chi connectivity index (χ1n) is 10.7. The molecule has 2 N–H and O–H groups in total. The van der Waals surface area contributed by atoms with Crippen LogP contribution in [-0.4, -0.2) is 34.9 Å². The second kappa shape index (κ2) is 8.52. The molecule has 10 heteroatoms. The molecule has 170 valence electrons. The first-order valence-corrected chi connectivity index (χ1v) is 13.9. The molecule has 0 amide bonds. The molecule has 5 heterocycles. The number of nitrogens with zero attached hydrogens (tertiary/aromatic N) is 3. The second-order valence-electron chi connectivity index (χ2n) is 7.91. The first-order chi connectivity index (χ1) is 16.6. The van der Waals surface area contributed by atoms with Crippen LogP contribution in [0.5, 0.6) is 0 Å². The molecule has 0 radical (unpaired) electrons. The third-order valence-corrected chi connectivity index (χ3v) is 9.78. The van der Waals surface area contributed by atoms with Crippen LogP contribution in [0.15, 0.2) is 64.6 Å². The van der Waals surface area contributed by atoms with Gasteiger partial charge in [0.25, 0.3) is 10.0 Å². The van der Waals surface area contributed by atoms with Gasteiger partial charge in [-0.2, -0.15) is 8.42 Å². The Hall–Kier alpha value is -3.23. The molecule has 1 fully saturated rings. The summed E-state index contributed by atoms with van der Waals surface area (Å²) in [5, 5.41) is 9.33. The normalized spacial score (nSPS) is 16.1. The molecule has 0 bridgehead atoms. The largest absolute Gasteiger partial charge is 0.339 e. The first kappa shape index (κ1) is 21.3. The van der Waals surface area contributed by atoms with E-state index >= 15 is 0 Å². The SMILES string of the molecule is O=S(=O)(c1cccs1)n1ccc2cc(Nc3ncnc4cc(C#C[C@H]5CCCN5)sc34)ccc21. The average molecular weight is 506 g/mol. The van der Waals surface area contributed by atoms with Crippen molar-refractivity contribution < 1.29 is 8.42 Å². The number of nitrogens with one attached hydrogen (secondary N) is 2. The molecule has 1 aromatic carbocycles. The summed E-state index contributed by atoms with van der Waals surface area (Å²) in [4.78, 5) is 9.79. The van der Waals surface area contributed by atoms with Crippen molar-refractivity contribution in [1.82, 2.24) is 19.3 Å². The Bertz CT molecular complexity index is 1670. The maximum absolute atomic E-state index is 13.0. The molecule has 7 nitrogen and oxygen atoms in total. The lowest BCUT2D eigenvalue weighted by Crippen LogP contribution is -2.18. The van der Waals surface area contributed by atoms with Gasteiger partial charge in [0.2, 0.25) is 0 Å². The maximum Gasteiger partial charge on any atom is 0.277 e. The Morgan fingerprint density at radius 1 is 1.18 bits per heavy atom. The topological polar surface area (TPSA) is 88.9 Å². The highest BCUT2D eigenvalue weighted by molar-refractivity contribution is 7.92. The van der Waals surface area contributed by atoms with E-state index in [1.54, 1.807) is 47.2 Å². The molecule has 0 aliphatic carbocycles. The number of anilines is 2. The molecule has 1 aliphatic heterocycles. The number of hydrogen-bond donors (Lipinski definition) is 2. The van der Waals surface area contributed by atoms with Gasteiger partial charge < -0.3 is 10.6 Å². The van der Waals surface area contributed by atoms with Crippen molar-refractivity contribution in [1.29, 1.82) is 0 Å². The minimum absolute atomic E-state index is 0.261. The second-order valence-corrected chi connectivity index (χ2v) is 12.0. The predicted octanol–water partition coefficient (Wildman–Crippen LogP) is 4.79. The summed E-state index contributed by atoms with van der Waals surface area (Å²) in [5.74, 6) is 7.27. The zero-order valence-corrected chi connectivity index (χ0v) is 20.3. The monoisotopic (exact) mass is 505 g/mol. The molecule has 4 aromatic heterocycles. The van der Waals surface area contributed by atoms with Crippen LogP contribution in [-0.2, 0) is 10.0 Å². The zero-order valence-electron chi connectivity index (χ0n) is 17.9. The molecule has 1 saturated heterocycles. The Morgan fingerprint density at radius 2 is 2.12 bits per heavy atom. The van der Waals surface area contributed by atoms with Crippen molar-refractivity contribution in [2.24, 2.45) is 0 Å². The molecule has 34 heavy (non-hydrogen) atoms. The zero-order chi connectivity index (χ0) is 23.1. The van der Waals surface area contributed by atoms with Gasteiger partial charge in [-0.1, -0.05) is 17.9 Å². The Kier molecular flexibility index (Phi) is 5.34. The quantitative estimate of drug-likeness (QED) is 0.342. The third kappa shape index (κ3) is 3.86. The number of rotatable bonds is 4. The lowest BCUT2D eigenvalue weighted by atomic mass is 10.2. The molecule has 0 unspecified atom stereocenters. The van der Waals surface area contributed by atoms with E-state index in [9.17, 15) is 8.42 Å². The summed E-state index contributed by atoms with van der Waals surface area (Å²) in [7, 11) is -3.61. The molecular weight excluding hydrogens is 486 g/mol. The fourth-order valence-electron chi connectivity index (χ4n) is 4.02. The van der Waals surface area contributed by atoms with E-state index in [1.807, 2.05) is 18.2 Å². The average Bonchev–Trinajstić information content (AvgIpc) is 3.64. The van der Waals surface area contributed by atoms with E-state index in [-0.39, 0.29) is 6.04 Å². The number of aromatic nitrogens is 3. The lowest BCUT2D eigenvalue weighted by Gasteiger charge is -2.08. The van der Waals surface area contributed by atoms with Crippen LogP contribution in [0.2, 0.25) is 0 Å².